The summed E-state index contributed by atoms with van der Waals surface area (Å²) in [4.78, 5) is 27.5. The van der Waals surface area contributed by atoms with Crippen LogP contribution >= 0.6 is 0 Å². The predicted molar refractivity (Wildman–Crippen MR) is 109 cm³/mol. The fourth-order valence-corrected chi connectivity index (χ4v) is 4.30. The first kappa shape index (κ1) is 21.5. The second-order valence-electron chi connectivity index (χ2n) is 7.72. The average molecular weight is 452 g/mol. The van der Waals surface area contributed by atoms with E-state index in [1.54, 1.807) is 4.90 Å². The third-order valence-corrected chi connectivity index (χ3v) is 6.18. The van der Waals surface area contributed by atoms with Crippen LogP contribution in [0.3, 0.4) is 0 Å². The second kappa shape index (κ2) is 8.08. The molecule has 4 rings (SSSR count). The maximum atomic E-state index is 13.8. The van der Waals surface area contributed by atoms with Crippen molar-refractivity contribution in [3.63, 3.8) is 0 Å². The summed E-state index contributed by atoms with van der Waals surface area (Å²) in [6.45, 7) is 0.403. The highest BCUT2D eigenvalue weighted by molar-refractivity contribution is 7.89. The lowest BCUT2D eigenvalue weighted by molar-refractivity contribution is -0.0102. The molecule has 1 saturated heterocycles. The molecule has 9 nitrogen and oxygen atoms in total. The maximum Gasteiger partial charge on any atom is 0.278 e. The Morgan fingerprint density at radius 1 is 1.13 bits per heavy atom. The van der Waals surface area contributed by atoms with Crippen molar-refractivity contribution in [2.75, 3.05) is 23.3 Å². The number of nitrogens with two attached hydrogens (primary N) is 1. The van der Waals surface area contributed by atoms with Crippen molar-refractivity contribution < 1.29 is 22.0 Å². The van der Waals surface area contributed by atoms with Gasteiger partial charge < -0.3 is 10.2 Å². The molecule has 1 aliphatic carbocycles. The van der Waals surface area contributed by atoms with Gasteiger partial charge in [-0.05, 0) is 31.7 Å². The van der Waals surface area contributed by atoms with Crippen molar-refractivity contribution in [1.29, 1.82) is 0 Å². The molecule has 0 unspecified atom stereocenters. The number of anilines is 2. The van der Waals surface area contributed by atoms with Crippen LogP contribution in [0.5, 0.6) is 0 Å². The molecular formula is C19H22F2N6O3S. The van der Waals surface area contributed by atoms with Crippen LogP contribution in [0.15, 0.2) is 23.4 Å². The van der Waals surface area contributed by atoms with Crippen LogP contribution in [0, 0.1) is 0 Å². The average Bonchev–Trinajstić information content (AvgIpc) is 3.08. The zero-order chi connectivity index (χ0) is 22.2. The number of primary sulfonamides is 1. The van der Waals surface area contributed by atoms with Gasteiger partial charge >= 0.3 is 0 Å². The van der Waals surface area contributed by atoms with E-state index < -0.39 is 21.9 Å². The summed E-state index contributed by atoms with van der Waals surface area (Å²) in [6, 6.07) is 2.56. The number of aromatic nitrogens is 3. The zero-order valence-corrected chi connectivity index (χ0v) is 17.5. The third kappa shape index (κ3) is 4.79. The Balaban J connectivity index is 1.67. The predicted octanol–water partition coefficient (Wildman–Crippen LogP) is 1.89. The van der Waals surface area contributed by atoms with Gasteiger partial charge in [-0.1, -0.05) is 0 Å². The molecule has 166 valence electrons. The molecule has 0 spiro atoms. The molecule has 1 aliphatic heterocycles. The van der Waals surface area contributed by atoms with Crippen LogP contribution in [0.4, 0.5) is 20.3 Å². The first-order valence-corrected chi connectivity index (χ1v) is 11.5. The molecule has 2 aliphatic rings. The Morgan fingerprint density at radius 2 is 1.87 bits per heavy atom. The van der Waals surface area contributed by atoms with Gasteiger partial charge in [-0.25, -0.2) is 37.3 Å². The SMILES string of the molecule is NS(=O)(=O)c1cc(NC(=O)c2nc3c(nc2N2CCCC(F)(F)CC2)CCC3)ccn1. The van der Waals surface area contributed by atoms with E-state index in [1.165, 1.54) is 12.3 Å². The standard InChI is InChI=1S/C19H22F2N6O3S/c20-19(21)6-2-9-27(10-7-19)17-16(25-13-3-1-4-14(13)26-17)18(28)24-12-5-8-23-15(11-12)31(22,29)30/h5,8,11H,1-4,6-7,9-10H2,(H2,22,29,30)(H,23,24,28). The van der Waals surface area contributed by atoms with Gasteiger partial charge in [0.1, 0.15) is 0 Å². The highest BCUT2D eigenvalue weighted by Gasteiger charge is 2.34. The minimum Gasteiger partial charge on any atom is -0.354 e. The van der Waals surface area contributed by atoms with E-state index in [0.717, 1.165) is 24.6 Å². The van der Waals surface area contributed by atoms with E-state index >= 15 is 0 Å². The fraction of sp³-hybridized carbons (Fsp3) is 0.474. The molecular weight excluding hydrogens is 430 g/mol. The van der Waals surface area contributed by atoms with E-state index in [4.69, 9.17) is 5.14 Å². The molecule has 0 bridgehead atoms. The Morgan fingerprint density at radius 3 is 2.61 bits per heavy atom. The van der Waals surface area contributed by atoms with Crippen molar-refractivity contribution in [2.24, 2.45) is 5.14 Å². The molecule has 0 radical (unpaired) electrons. The molecule has 3 heterocycles. The van der Waals surface area contributed by atoms with Crippen LogP contribution in [-0.4, -0.2) is 48.3 Å². The van der Waals surface area contributed by atoms with Crippen LogP contribution in [0.1, 0.15) is 47.6 Å². The molecule has 0 saturated carbocycles. The van der Waals surface area contributed by atoms with E-state index in [0.29, 0.717) is 18.7 Å². The van der Waals surface area contributed by atoms with Crippen LogP contribution in [-0.2, 0) is 22.9 Å². The van der Waals surface area contributed by atoms with Crippen molar-refractivity contribution in [3.05, 3.63) is 35.4 Å². The van der Waals surface area contributed by atoms with Gasteiger partial charge in [-0.2, -0.15) is 0 Å². The third-order valence-electron chi connectivity index (χ3n) is 5.38. The first-order valence-electron chi connectivity index (χ1n) is 9.95. The maximum absolute atomic E-state index is 13.8. The summed E-state index contributed by atoms with van der Waals surface area (Å²) in [5.41, 5.74) is 1.69. The number of pyridine rings is 1. The number of halogens is 2. The van der Waals surface area contributed by atoms with Gasteiger partial charge in [-0.15, -0.1) is 0 Å². The Kier molecular flexibility index (Phi) is 5.60. The lowest BCUT2D eigenvalue weighted by Gasteiger charge is -2.24. The Hall–Kier alpha value is -2.73. The van der Waals surface area contributed by atoms with Crippen LogP contribution < -0.4 is 15.4 Å². The lowest BCUT2D eigenvalue weighted by Crippen LogP contribution is -2.30. The first-order chi connectivity index (χ1) is 14.6. The second-order valence-corrected chi connectivity index (χ2v) is 9.23. The number of sulfonamides is 1. The highest BCUT2D eigenvalue weighted by Crippen LogP contribution is 2.32. The topological polar surface area (TPSA) is 131 Å². The summed E-state index contributed by atoms with van der Waals surface area (Å²) in [5, 5.41) is 7.30. The molecule has 12 heteroatoms. The number of carbonyl (C=O) groups excluding carboxylic acids is 1. The monoisotopic (exact) mass is 452 g/mol. The van der Waals surface area contributed by atoms with Crippen molar-refractivity contribution in [1.82, 2.24) is 15.0 Å². The number of carbonyl (C=O) groups is 1. The number of nitrogens with one attached hydrogen (secondary N) is 1. The summed E-state index contributed by atoms with van der Waals surface area (Å²) in [7, 11) is -4.04. The molecule has 0 aromatic carbocycles. The molecule has 31 heavy (non-hydrogen) atoms. The minimum absolute atomic E-state index is 0.0276. The molecule has 1 fully saturated rings. The van der Waals surface area contributed by atoms with Gasteiger partial charge in [0.15, 0.2) is 16.5 Å². The number of nitrogens with zero attached hydrogens (tertiary/aromatic N) is 4. The zero-order valence-electron chi connectivity index (χ0n) is 16.6. The van der Waals surface area contributed by atoms with Crippen LogP contribution in [0.25, 0.3) is 0 Å². The van der Waals surface area contributed by atoms with Crippen molar-refractivity contribution in [2.45, 2.75) is 49.5 Å². The van der Waals surface area contributed by atoms with Gasteiger partial charge in [0, 0.05) is 43.9 Å². The molecule has 0 atom stereocenters. The number of fused-ring (bicyclic) bond motifs is 1. The number of amides is 1. The van der Waals surface area contributed by atoms with Gasteiger partial charge in [0.2, 0.25) is 5.92 Å². The molecule has 2 aromatic heterocycles. The van der Waals surface area contributed by atoms with Crippen molar-refractivity contribution >= 4 is 27.4 Å². The summed E-state index contributed by atoms with van der Waals surface area (Å²) < 4.78 is 50.7. The number of hydrogen-bond acceptors (Lipinski definition) is 7. The molecule has 3 N–H and O–H groups in total. The van der Waals surface area contributed by atoms with Gasteiger partial charge in [0.25, 0.3) is 15.9 Å². The Labute approximate surface area is 178 Å². The number of rotatable bonds is 4. The van der Waals surface area contributed by atoms with E-state index in [-0.39, 0.29) is 48.0 Å². The number of hydrogen-bond donors (Lipinski definition) is 2. The normalized spacial score (nSPS) is 18.4. The largest absolute Gasteiger partial charge is 0.354 e. The van der Waals surface area contributed by atoms with E-state index in [2.05, 4.69) is 20.3 Å². The van der Waals surface area contributed by atoms with E-state index in [1.807, 2.05) is 0 Å². The number of aryl methyl sites for hydroxylation is 2. The smallest absolute Gasteiger partial charge is 0.278 e. The summed E-state index contributed by atoms with van der Waals surface area (Å²) >= 11 is 0. The molecule has 2 aromatic rings. The quantitative estimate of drug-likeness (QED) is 0.724. The minimum atomic E-state index is -4.04. The van der Waals surface area contributed by atoms with Crippen molar-refractivity contribution in [3.8, 4) is 0 Å². The van der Waals surface area contributed by atoms with Gasteiger partial charge in [-0.3, -0.25) is 4.79 Å². The Bertz CT molecular complexity index is 1130. The highest BCUT2D eigenvalue weighted by atomic mass is 32.2. The number of alkyl halides is 2. The summed E-state index contributed by atoms with van der Waals surface area (Å²) in [6.07, 6.45) is 3.22. The van der Waals surface area contributed by atoms with E-state index in [9.17, 15) is 22.0 Å². The van der Waals surface area contributed by atoms with Crippen LogP contribution in [0.2, 0.25) is 0 Å². The fourth-order valence-electron chi connectivity index (χ4n) is 3.80. The lowest BCUT2D eigenvalue weighted by atomic mass is 10.1. The molecule has 1 amide bonds. The summed E-state index contributed by atoms with van der Waals surface area (Å²) in [5.74, 6) is -3.08. The van der Waals surface area contributed by atoms with Gasteiger partial charge in [0.05, 0.1) is 11.4 Å².